The average molecular weight is 327 g/mol. The maximum atomic E-state index is 12.4. The van der Waals surface area contributed by atoms with E-state index in [4.69, 9.17) is 0 Å². The Morgan fingerprint density at radius 3 is 2.33 bits per heavy atom. The van der Waals surface area contributed by atoms with Crippen molar-refractivity contribution in [3.05, 3.63) is 42.4 Å². The summed E-state index contributed by atoms with van der Waals surface area (Å²) in [6.07, 6.45) is 1.39. The molecule has 0 saturated heterocycles. The minimum absolute atomic E-state index is 0.168. The Kier molecular flexibility index (Phi) is 5.83. The molecule has 7 heteroatoms. The summed E-state index contributed by atoms with van der Waals surface area (Å²) in [6.45, 7) is 7.08. The predicted molar refractivity (Wildman–Crippen MR) is 94.3 cm³/mol. The summed E-state index contributed by atoms with van der Waals surface area (Å²) in [5.74, 6) is 0.219. The normalized spacial score (nSPS) is 10.1. The van der Waals surface area contributed by atoms with Crippen LogP contribution in [0, 0.1) is 0 Å². The highest BCUT2D eigenvalue weighted by Crippen LogP contribution is 2.17. The zero-order chi connectivity index (χ0) is 17.5. The molecular weight excluding hydrogens is 306 g/mol. The van der Waals surface area contributed by atoms with E-state index < -0.39 is 0 Å². The quantitative estimate of drug-likeness (QED) is 0.851. The Balaban J connectivity index is 2.15. The van der Waals surface area contributed by atoms with Gasteiger partial charge in [0.05, 0.1) is 0 Å². The van der Waals surface area contributed by atoms with Gasteiger partial charge in [0, 0.05) is 37.5 Å². The van der Waals surface area contributed by atoms with Crippen LogP contribution >= 0.6 is 0 Å². The minimum atomic E-state index is -0.328. The molecule has 2 aromatic rings. The van der Waals surface area contributed by atoms with Crippen molar-refractivity contribution in [2.75, 3.05) is 28.6 Å². The molecule has 7 nitrogen and oxygen atoms in total. The van der Waals surface area contributed by atoms with Crippen LogP contribution in [-0.2, 0) is 4.79 Å². The molecule has 126 valence electrons. The van der Waals surface area contributed by atoms with E-state index in [2.05, 4.69) is 20.6 Å². The van der Waals surface area contributed by atoms with Gasteiger partial charge in [-0.05, 0) is 32.0 Å². The molecule has 2 amide bonds. The Hall–Kier alpha value is -2.96. The number of amides is 2. The lowest BCUT2D eigenvalue weighted by Gasteiger charge is -2.19. The fourth-order valence-corrected chi connectivity index (χ4v) is 2.26. The number of nitrogens with one attached hydrogen (secondary N) is 2. The first kappa shape index (κ1) is 17.4. The van der Waals surface area contributed by atoms with Crippen molar-refractivity contribution >= 4 is 29.0 Å². The number of hydrogen-bond donors (Lipinski definition) is 2. The third-order valence-corrected chi connectivity index (χ3v) is 3.41. The van der Waals surface area contributed by atoms with Crippen molar-refractivity contribution in [1.82, 2.24) is 9.97 Å². The maximum absolute atomic E-state index is 12.4. The molecule has 0 radical (unpaired) electrons. The van der Waals surface area contributed by atoms with Crippen LogP contribution in [0.2, 0.25) is 0 Å². The van der Waals surface area contributed by atoms with Crippen molar-refractivity contribution in [3.63, 3.8) is 0 Å². The van der Waals surface area contributed by atoms with Crippen LogP contribution in [0.3, 0.4) is 0 Å². The van der Waals surface area contributed by atoms with Crippen molar-refractivity contribution in [2.45, 2.75) is 20.8 Å². The molecule has 2 rings (SSSR count). The summed E-state index contributed by atoms with van der Waals surface area (Å²) in [5.41, 5.74) is 1.48. The Bertz CT molecular complexity index is 728. The topological polar surface area (TPSA) is 87.2 Å². The number of anilines is 3. The SMILES string of the molecule is CCN(CC)c1cc(C(=O)Nc2cccc(NC(C)=O)c2)ncn1. The number of carbonyl (C=O) groups is 2. The predicted octanol–water partition coefficient (Wildman–Crippen LogP) is 2.53. The molecule has 1 aromatic carbocycles. The van der Waals surface area contributed by atoms with E-state index in [0.717, 1.165) is 13.1 Å². The standard InChI is InChI=1S/C17H21N5O2/c1-4-22(5-2)16-10-15(18-11-19-16)17(24)21-14-8-6-7-13(9-14)20-12(3)23/h6-11H,4-5H2,1-3H3,(H,20,23)(H,21,24). The Morgan fingerprint density at radius 2 is 1.71 bits per heavy atom. The second-order valence-corrected chi connectivity index (χ2v) is 5.15. The van der Waals surface area contributed by atoms with Gasteiger partial charge in [-0.3, -0.25) is 9.59 Å². The van der Waals surface area contributed by atoms with Crippen LogP contribution in [-0.4, -0.2) is 34.9 Å². The first-order valence-electron chi connectivity index (χ1n) is 7.79. The van der Waals surface area contributed by atoms with Crippen LogP contribution in [0.5, 0.6) is 0 Å². The van der Waals surface area contributed by atoms with Gasteiger partial charge < -0.3 is 15.5 Å². The van der Waals surface area contributed by atoms with Gasteiger partial charge in [-0.2, -0.15) is 0 Å². The highest BCUT2D eigenvalue weighted by molar-refractivity contribution is 6.03. The third kappa shape index (κ3) is 4.52. The van der Waals surface area contributed by atoms with Crippen LogP contribution in [0.15, 0.2) is 36.7 Å². The van der Waals surface area contributed by atoms with E-state index in [1.54, 1.807) is 30.3 Å². The molecule has 0 fully saturated rings. The molecule has 0 spiro atoms. The zero-order valence-corrected chi connectivity index (χ0v) is 14.0. The molecule has 1 aromatic heterocycles. The van der Waals surface area contributed by atoms with Crippen molar-refractivity contribution < 1.29 is 9.59 Å². The number of nitrogens with zero attached hydrogens (tertiary/aromatic N) is 3. The molecule has 0 aliphatic heterocycles. The molecular formula is C17H21N5O2. The van der Waals surface area contributed by atoms with Crippen LogP contribution in [0.25, 0.3) is 0 Å². The summed E-state index contributed by atoms with van der Waals surface area (Å²) in [5, 5.41) is 5.45. The number of carbonyl (C=O) groups excluding carboxylic acids is 2. The molecule has 0 atom stereocenters. The maximum Gasteiger partial charge on any atom is 0.274 e. The third-order valence-electron chi connectivity index (χ3n) is 3.41. The molecule has 24 heavy (non-hydrogen) atoms. The molecule has 0 aliphatic carbocycles. The lowest BCUT2D eigenvalue weighted by Crippen LogP contribution is -2.24. The lowest BCUT2D eigenvalue weighted by atomic mass is 10.2. The van der Waals surface area contributed by atoms with E-state index in [9.17, 15) is 9.59 Å². The van der Waals surface area contributed by atoms with Crippen molar-refractivity contribution in [1.29, 1.82) is 0 Å². The average Bonchev–Trinajstić information content (AvgIpc) is 2.56. The van der Waals surface area contributed by atoms with Crippen molar-refractivity contribution in [2.24, 2.45) is 0 Å². The summed E-state index contributed by atoms with van der Waals surface area (Å²) >= 11 is 0. The largest absolute Gasteiger partial charge is 0.357 e. The zero-order valence-electron chi connectivity index (χ0n) is 14.0. The summed E-state index contributed by atoms with van der Waals surface area (Å²) in [6, 6.07) is 8.60. The summed E-state index contributed by atoms with van der Waals surface area (Å²) in [4.78, 5) is 33.8. The molecule has 0 aliphatic rings. The lowest BCUT2D eigenvalue weighted by molar-refractivity contribution is -0.114. The second kappa shape index (κ2) is 8.05. The van der Waals surface area contributed by atoms with Crippen molar-refractivity contribution in [3.8, 4) is 0 Å². The van der Waals surface area contributed by atoms with Crippen LogP contribution in [0.4, 0.5) is 17.2 Å². The van der Waals surface area contributed by atoms with Crippen LogP contribution in [0.1, 0.15) is 31.3 Å². The van der Waals surface area contributed by atoms with Gasteiger partial charge in [-0.25, -0.2) is 9.97 Å². The molecule has 0 unspecified atom stereocenters. The smallest absolute Gasteiger partial charge is 0.274 e. The van der Waals surface area contributed by atoms with Gasteiger partial charge in [0.25, 0.3) is 5.91 Å². The summed E-state index contributed by atoms with van der Waals surface area (Å²) in [7, 11) is 0. The highest BCUT2D eigenvalue weighted by atomic mass is 16.2. The molecule has 0 saturated carbocycles. The van der Waals surface area contributed by atoms with Gasteiger partial charge in [-0.15, -0.1) is 0 Å². The van der Waals surface area contributed by atoms with Gasteiger partial charge in [-0.1, -0.05) is 6.07 Å². The monoisotopic (exact) mass is 327 g/mol. The summed E-state index contributed by atoms with van der Waals surface area (Å²) < 4.78 is 0. The van der Waals surface area contributed by atoms with E-state index in [1.165, 1.54) is 13.3 Å². The number of benzene rings is 1. The molecule has 2 N–H and O–H groups in total. The van der Waals surface area contributed by atoms with Gasteiger partial charge in [0.1, 0.15) is 17.8 Å². The van der Waals surface area contributed by atoms with E-state index in [-0.39, 0.29) is 17.5 Å². The minimum Gasteiger partial charge on any atom is -0.357 e. The van der Waals surface area contributed by atoms with E-state index >= 15 is 0 Å². The van der Waals surface area contributed by atoms with Crippen LogP contribution < -0.4 is 15.5 Å². The number of aromatic nitrogens is 2. The number of hydrogen-bond acceptors (Lipinski definition) is 5. The highest BCUT2D eigenvalue weighted by Gasteiger charge is 2.12. The number of rotatable bonds is 6. The van der Waals surface area contributed by atoms with Gasteiger partial charge in [0.15, 0.2) is 0 Å². The Morgan fingerprint density at radius 1 is 1.04 bits per heavy atom. The molecule has 0 bridgehead atoms. The molecule has 1 heterocycles. The Labute approximate surface area is 141 Å². The van der Waals surface area contributed by atoms with E-state index in [0.29, 0.717) is 17.2 Å². The van der Waals surface area contributed by atoms with E-state index in [1.807, 2.05) is 18.7 Å². The first-order valence-corrected chi connectivity index (χ1v) is 7.79. The fraction of sp³-hybridized carbons (Fsp3) is 0.294. The van der Waals surface area contributed by atoms with Gasteiger partial charge in [0.2, 0.25) is 5.91 Å². The second-order valence-electron chi connectivity index (χ2n) is 5.15. The first-order chi connectivity index (χ1) is 11.5. The fourth-order valence-electron chi connectivity index (χ4n) is 2.26. The van der Waals surface area contributed by atoms with Gasteiger partial charge >= 0.3 is 0 Å².